The van der Waals surface area contributed by atoms with E-state index in [1.54, 1.807) is 0 Å². The summed E-state index contributed by atoms with van der Waals surface area (Å²) in [5.41, 5.74) is 0. The monoisotopic (exact) mass is 1560 g/mol. The minimum atomic E-state index is -5.41. The van der Waals surface area contributed by atoms with Gasteiger partial charge in [-0.3, -0.25) is 23.7 Å². The molecular formula is C56H94N4O44S. The fraction of sp³-hybridized carbons (Fsp3) is 0.929. The van der Waals surface area contributed by atoms with Gasteiger partial charge in [-0.1, -0.05) is 0 Å². The third-order valence-electron chi connectivity index (χ3n) is 18.4. The van der Waals surface area contributed by atoms with Gasteiger partial charge < -0.3 is 200 Å². The molecule has 49 heteroatoms. The summed E-state index contributed by atoms with van der Waals surface area (Å²) < 4.78 is 125. The Morgan fingerprint density at radius 3 is 1.00 bits per heavy atom. The van der Waals surface area contributed by atoms with Gasteiger partial charge in [0.05, 0.1) is 52.9 Å². The Hall–Kier alpha value is -3.69. The second-order valence-corrected chi connectivity index (χ2v) is 26.9. The van der Waals surface area contributed by atoms with Crippen LogP contribution in [0.2, 0.25) is 0 Å². The Morgan fingerprint density at radius 2 is 0.590 bits per heavy atom. The molecule has 8 fully saturated rings. The van der Waals surface area contributed by atoms with Crippen molar-refractivity contribution in [3.05, 3.63) is 0 Å². The van der Waals surface area contributed by atoms with Crippen molar-refractivity contribution in [3.8, 4) is 0 Å². The summed E-state index contributed by atoms with van der Waals surface area (Å²) in [5.74, 6) is -3.64. The van der Waals surface area contributed by atoms with Crippen molar-refractivity contribution >= 4 is 34.0 Å². The van der Waals surface area contributed by atoms with E-state index in [1.807, 2.05) is 0 Å². The third kappa shape index (κ3) is 20.2. The molecule has 26 N–H and O–H groups in total. The molecule has 0 spiro atoms. The van der Waals surface area contributed by atoms with Gasteiger partial charge >= 0.3 is 10.4 Å². The Kier molecular flexibility index (Phi) is 31.1. The van der Waals surface area contributed by atoms with Crippen molar-refractivity contribution < 1.29 is 215 Å². The fourth-order valence-electron chi connectivity index (χ4n) is 13.1. The summed E-state index contributed by atoms with van der Waals surface area (Å²) in [5, 5.41) is 242. The number of carbonyl (C=O) groups is 4. The Labute approximate surface area is 594 Å². The third-order valence-corrected chi connectivity index (χ3v) is 18.9. The molecule has 8 aliphatic rings. The summed E-state index contributed by atoms with van der Waals surface area (Å²) in [6.45, 7) is -4.82. The average molecular weight is 1560 g/mol. The van der Waals surface area contributed by atoms with Crippen molar-refractivity contribution in [2.24, 2.45) is 0 Å². The minimum absolute atomic E-state index is 0.779. The van der Waals surface area contributed by atoms with E-state index in [0.717, 1.165) is 27.7 Å². The number of aliphatic hydroxyl groups is 21. The molecule has 1 unspecified atom stereocenters. The molecule has 0 saturated carbocycles. The molecule has 8 heterocycles. The van der Waals surface area contributed by atoms with Gasteiger partial charge in [-0.2, -0.15) is 8.42 Å². The molecule has 608 valence electrons. The van der Waals surface area contributed by atoms with Crippen molar-refractivity contribution in [3.63, 3.8) is 0 Å². The summed E-state index contributed by atoms with van der Waals surface area (Å²) in [6.07, 6.45) is -74.9. The number of aliphatic hydroxyl groups excluding tert-OH is 21. The normalized spacial score (nSPS) is 47.1. The van der Waals surface area contributed by atoms with Crippen LogP contribution in [0.15, 0.2) is 0 Å². The molecule has 48 nitrogen and oxygen atoms in total. The molecule has 4 amide bonds. The number of ether oxygens (including phenoxy) is 15. The predicted octanol–water partition coefficient (Wildman–Crippen LogP) is -18.0. The first-order chi connectivity index (χ1) is 49.4. The lowest BCUT2D eigenvalue weighted by atomic mass is 9.93. The van der Waals surface area contributed by atoms with Gasteiger partial charge in [0.2, 0.25) is 23.6 Å². The zero-order chi connectivity index (χ0) is 77.7. The first kappa shape index (κ1) is 86.9. The van der Waals surface area contributed by atoms with Gasteiger partial charge in [-0.25, -0.2) is 4.18 Å². The lowest BCUT2D eigenvalue weighted by molar-refractivity contribution is -0.396. The van der Waals surface area contributed by atoms with Crippen molar-refractivity contribution in [1.82, 2.24) is 21.3 Å². The number of nitrogens with one attached hydrogen (secondary N) is 4. The summed E-state index contributed by atoms with van der Waals surface area (Å²) in [4.78, 5) is 50.4. The summed E-state index contributed by atoms with van der Waals surface area (Å²) in [7, 11) is -5.41. The highest BCUT2D eigenvalue weighted by molar-refractivity contribution is 7.80. The molecule has 0 aromatic rings. The molecule has 0 radical (unpaired) electrons. The highest BCUT2D eigenvalue weighted by atomic mass is 32.3. The quantitative estimate of drug-likeness (QED) is 0.0324. The molecule has 105 heavy (non-hydrogen) atoms. The van der Waals surface area contributed by atoms with Gasteiger partial charge in [0, 0.05) is 27.7 Å². The number of rotatable bonds is 28. The number of carbonyl (C=O) groups excluding carboxylic acids is 4. The standard InChI is InChI=1S/C56H94N4O44S/c1-13(67)57-25-33(75)43(19(7-63)91-49(25)85)99-50-26(58-14(2)68)35(77)45(21(9-65)94-50)101-55-42(84)47(32(74)24(98-55)12-90-54-41(83)38(80)31(73)23(97-54)11-89-53-40(82)37(79)29(71)17(5-61)92-53)102-56-48(39(81)30(72)18(6-62)93-56)103-52-27(59-15(3)69)34(76)44(20(8-64)95-52)100-51-28(60-16(4)70)36(78)46(22(10-66)96-51)104-105(86,87)88/h17-56,61-66,71-85H,5-12H2,1-4H3,(H,57,67)(H,58,68)(H,59,69)(H,60,70)(H,86,87,88)/t17-,18-,19-,20-,21-,22-,23-,24-,25-,26-,27-,28-,29-,30-,31-,32-,33-,34-,35-,36-,37+,38+,39+,40+,41+,42+,43-,44-,45-,46+,47+,48+,49?,50+,51+,52+,53+,54+,55+,56-/m1/s1. The van der Waals surface area contributed by atoms with Crippen LogP contribution in [0, 0.1) is 0 Å². The Bertz CT molecular complexity index is 2910. The van der Waals surface area contributed by atoms with Crippen LogP contribution in [-0.4, -0.2) is 442 Å². The molecule has 0 bridgehead atoms. The van der Waals surface area contributed by atoms with Crippen LogP contribution >= 0.6 is 0 Å². The summed E-state index contributed by atoms with van der Waals surface area (Å²) in [6, 6.07) is -7.45. The van der Waals surface area contributed by atoms with Crippen LogP contribution in [0.25, 0.3) is 0 Å². The fourth-order valence-corrected chi connectivity index (χ4v) is 13.6. The van der Waals surface area contributed by atoms with Crippen LogP contribution in [0.1, 0.15) is 27.7 Å². The molecule has 0 aromatic heterocycles. The summed E-state index contributed by atoms with van der Waals surface area (Å²) >= 11 is 0. The number of amides is 4. The van der Waals surface area contributed by atoms with Gasteiger partial charge in [-0.15, -0.1) is 0 Å². The molecule has 8 rings (SSSR count). The van der Waals surface area contributed by atoms with E-state index in [1.165, 1.54) is 0 Å². The largest absolute Gasteiger partial charge is 0.397 e. The molecule has 40 atom stereocenters. The maximum absolute atomic E-state index is 13.0. The molecular weight excluding hydrogens is 1460 g/mol. The van der Waals surface area contributed by atoms with E-state index >= 15 is 0 Å². The maximum atomic E-state index is 13.0. The van der Waals surface area contributed by atoms with Crippen LogP contribution in [0.5, 0.6) is 0 Å². The first-order valence-electron chi connectivity index (χ1n) is 32.8. The zero-order valence-corrected chi connectivity index (χ0v) is 56.8. The van der Waals surface area contributed by atoms with E-state index in [4.69, 9.17) is 71.1 Å². The number of hydrogen-bond acceptors (Lipinski definition) is 43. The van der Waals surface area contributed by atoms with E-state index in [2.05, 4.69) is 25.5 Å². The predicted molar refractivity (Wildman–Crippen MR) is 321 cm³/mol. The smallest absolute Gasteiger partial charge is 0.394 e. The molecule has 0 aromatic carbocycles. The average Bonchev–Trinajstić information content (AvgIpc) is 0.768. The molecule has 8 aliphatic heterocycles. The Balaban J connectivity index is 1.11. The van der Waals surface area contributed by atoms with Gasteiger partial charge in [-0.05, 0) is 0 Å². The maximum Gasteiger partial charge on any atom is 0.397 e. The van der Waals surface area contributed by atoms with Gasteiger partial charge in [0.25, 0.3) is 0 Å². The van der Waals surface area contributed by atoms with Gasteiger partial charge in [0.1, 0.15) is 195 Å². The van der Waals surface area contributed by atoms with Crippen molar-refractivity contribution in [2.45, 2.75) is 273 Å². The molecule has 0 aliphatic carbocycles. The van der Waals surface area contributed by atoms with Crippen LogP contribution < -0.4 is 21.3 Å². The lowest BCUT2D eigenvalue weighted by Crippen LogP contribution is -2.71. The second kappa shape index (κ2) is 37.6. The molecule has 8 saturated heterocycles. The van der Waals surface area contributed by atoms with E-state index in [-0.39, 0.29) is 0 Å². The van der Waals surface area contributed by atoms with Gasteiger partial charge in [0.15, 0.2) is 50.3 Å². The first-order valence-corrected chi connectivity index (χ1v) is 34.1. The topological polar surface area (TPSA) is 743 Å². The highest BCUT2D eigenvalue weighted by Gasteiger charge is 2.60. The van der Waals surface area contributed by atoms with Crippen molar-refractivity contribution in [1.29, 1.82) is 0 Å². The Morgan fingerprint density at radius 1 is 0.295 bits per heavy atom. The SMILES string of the molecule is CC(=O)N[C@H]1[C@H](O[C@H]2[C@H](O)[C@@H](NC(C)=O)[C@H](O[C@@H]3[C@@H](O[C@@H]4[C@H](O)[C@H](O[C@H]5[C@H](O)[C@@H](NC(C)=O)[C@H](O[C@H]6[C@H](O)[C@@H](NC(C)=O)C(O)O[C@@H]6CO)O[C@@H]5CO)O[C@H](CO[C@H]5O[C@H](CO[C@H]6O[C@H](CO)[C@@H](O)[C@H](O)[C@@H]6O)[C@@H](O)[C@H](O)[C@@H]5O)[C@H]4O)O[C@H](CO)[C@@H](O)[C@@H]3O)O[C@@H]2CO)O[C@H](CO)[C@H](OS(=O)(=O)O)[C@@H]1O. The number of hydrogen-bond donors (Lipinski definition) is 26. The van der Waals surface area contributed by atoms with E-state index < -0.39 is 332 Å². The van der Waals surface area contributed by atoms with Crippen LogP contribution in [0.3, 0.4) is 0 Å². The van der Waals surface area contributed by atoms with E-state index in [9.17, 15) is 139 Å². The van der Waals surface area contributed by atoms with Crippen LogP contribution in [0.4, 0.5) is 0 Å². The second-order valence-electron chi connectivity index (χ2n) is 25.9. The van der Waals surface area contributed by atoms with E-state index in [0.29, 0.717) is 0 Å². The zero-order valence-electron chi connectivity index (χ0n) is 56.0. The highest BCUT2D eigenvalue weighted by Crippen LogP contribution is 2.39. The minimum Gasteiger partial charge on any atom is -0.394 e. The van der Waals surface area contributed by atoms with Crippen molar-refractivity contribution in [2.75, 3.05) is 52.9 Å². The van der Waals surface area contributed by atoms with Crippen LogP contribution in [-0.2, 0) is 105 Å². The lowest BCUT2D eigenvalue weighted by Gasteiger charge is -2.51.